The minimum absolute atomic E-state index is 0.00431. The Hall–Kier alpha value is -4.63. The molecule has 9 heteroatoms. The Labute approximate surface area is 216 Å². The molecule has 0 radical (unpaired) electrons. The van der Waals surface area contributed by atoms with Crippen LogP contribution in [0.2, 0.25) is 0 Å². The van der Waals surface area contributed by atoms with E-state index in [0.717, 1.165) is 22.1 Å². The van der Waals surface area contributed by atoms with E-state index in [9.17, 15) is 14.9 Å². The topological polar surface area (TPSA) is 103 Å². The lowest BCUT2D eigenvalue weighted by atomic mass is 10.0. The highest BCUT2D eigenvalue weighted by molar-refractivity contribution is 8.18. The predicted octanol–water partition coefficient (Wildman–Crippen LogP) is 6.23. The van der Waals surface area contributed by atoms with Crippen LogP contribution in [-0.2, 0) is 11.4 Å². The molecule has 1 aliphatic heterocycles. The third-order valence-corrected chi connectivity index (χ3v) is 6.59. The number of carbonyl (C=O) groups excluding carboxylic acids is 1. The van der Waals surface area contributed by atoms with Crippen LogP contribution in [0.25, 0.3) is 16.8 Å². The fraction of sp³-hybridized carbons (Fsp3) is 0.0714. The Bertz CT molecular complexity index is 1560. The van der Waals surface area contributed by atoms with Gasteiger partial charge in [0.15, 0.2) is 5.17 Å². The summed E-state index contributed by atoms with van der Waals surface area (Å²) in [6.45, 7) is 0.139. The number of non-ortho nitro benzene ring substituents is 1. The first-order valence-corrected chi connectivity index (χ1v) is 12.1. The smallest absolute Gasteiger partial charge is 0.269 e. The van der Waals surface area contributed by atoms with Gasteiger partial charge in [-0.15, -0.1) is 0 Å². The maximum atomic E-state index is 12.8. The lowest BCUT2D eigenvalue weighted by Gasteiger charge is -2.12. The van der Waals surface area contributed by atoms with Gasteiger partial charge in [0.2, 0.25) is 0 Å². The number of amidine groups is 1. The molecule has 1 saturated heterocycles. The maximum absolute atomic E-state index is 12.8. The van der Waals surface area contributed by atoms with Crippen molar-refractivity contribution in [3.8, 4) is 11.5 Å². The normalized spacial score (nSPS) is 15.2. The second-order valence-corrected chi connectivity index (χ2v) is 9.12. The molecule has 4 aromatic rings. The molecule has 184 valence electrons. The fourth-order valence-electron chi connectivity index (χ4n) is 3.86. The molecule has 1 N–H and O–H groups in total. The van der Waals surface area contributed by atoms with Crippen molar-refractivity contribution in [1.29, 1.82) is 0 Å². The van der Waals surface area contributed by atoms with Gasteiger partial charge in [-0.3, -0.25) is 14.9 Å². The van der Waals surface area contributed by atoms with Crippen LogP contribution in [0.3, 0.4) is 0 Å². The number of nitro groups is 1. The third kappa shape index (κ3) is 5.46. The minimum atomic E-state index is -0.434. The van der Waals surface area contributed by atoms with E-state index in [4.69, 9.17) is 9.47 Å². The number of nitrogens with zero attached hydrogens (tertiary/aromatic N) is 2. The van der Waals surface area contributed by atoms with Gasteiger partial charge in [0.05, 0.1) is 22.6 Å². The summed E-state index contributed by atoms with van der Waals surface area (Å²) in [7, 11) is 1.60. The van der Waals surface area contributed by atoms with Crippen LogP contribution < -0.4 is 14.8 Å². The Morgan fingerprint density at radius 1 is 1.03 bits per heavy atom. The number of methoxy groups -OCH3 is 1. The summed E-state index contributed by atoms with van der Waals surface area (Å²) in [4.78, 5) is 28.5. The van der Waals surface area contributed by atoms with Crippen molar-refractivity contribution < 1.29 is 19.2 Å². The summed E-state index contributed by atoms with van der Waals surface area (Å²) in [5.74, 6) is 1.03. The monoisotopic (exact) mass is 511 g/mol. The largest absolute Gasteiger partial charge is 0.497 e. The zero-order valence-electron chi connectivity index (χ0n) is 19.7. The lowest BCUT2D eigenvalue weighted by Crippen LogP contribution is -2.19. The average Bonchev–Trinajstić information content (AvgIpc) is 3.26. The minimum Gasteiger partial charge on any atom is -0.497 e. The number of hydrogen-bond acceptors (Lipinski definition) is 7. The van der Waals surface area contributed by atoms with Crippen LogP contribution in [0, 0.1) is 10.1 Å². The quantitative estimate of drug-likeness (QED) is 0.179. The Morgan fingerprint density at radius 3 is 2.62 bits per heavy atom. The first-order chi connectivity index (χ1) is 18.0. The van der Waals surface area contributed by atoms with Gasteiger partial charge in [-0.1, -0.05) is 42.5 Å². The Morgan fingerprint density at radius 2 is 1.84 bits per heavy atom. The number of thioether (sulfide) groups is 1. The van der Waals surface area contributed by atoms with Crippen LogP contribution in [0.15, 0.2) is 94.8 Å². The molecule has 8 nitrogen and oxygen atoms in total. The van der Waals surface area contributed by atoms with Gasteiger partial charge in [-0.25, -0.2) is 4.99 Å². The van der Waals surface area contributed by atoms with Crippen molar-refractivity contribution in [3.63, 3.8) is 0 Å². The number of ether oxygens (including phenoxy) is 2. The molecular weight excluding hydrogens is 490 g/mol. The molecule has 0 aliphatic carbocycles. The van der Waals surface area contributed by atoms with E-state index in [-0.39, 0.29) is 18.2 Å². The Balaban J connectivity index is 1.45. The first-order valence-electron chi connectivity index (χ1n) is 11.3. The summed E-state index contributed by atoms with van der Waals surface area (Å²) in [6.07, 6.45) is 1.79. The van der Waals surface area contributed by atoms with Crippen molar-refractivity contribution in [2.75, 3.05) is 7.11 Å². The number of hydrogen-bond donors (Lipinski definition) is 1. The van der Waals surface area contributed by atoms with Gasteiger partial charge in [0, 0.05) is 17.7 Å². The zero-order valence-corrected chi connectivity index (χ0v) is 20.5. The number of aliphatic imine (C=N–C) groups is 1. The number of amides is 1. The van der Waals surface area contributed by atoms with Gasteiger partial charge < -0.3 is 14.8 Å². The highest BCUT2D eigenvalue weighted by atomic mass is 32.2. The SMILES string of the molecule is COc1ccc(N=C2NC(=O)/C(=C\c3c(OCc4cccc([N+](=O)[O-])c4)ccc4ccccc34)S2)cc1. The average molecular weight is 512 g/mol. The van der Waals surface area contributed by atoms with E-state index in [2.05, 4.69) is 10.3 Å². The van der Waals surface area contributed by atoms with E-state index in [1.807, 2.05) is 48.5 Å². The van der Waals surface area contributed by atoms with Crippen LogP contribution in [0.5, 0.6) is 11.5 Å². The van der Waals surface area contributed by atoms with Crippen LogP contribution >= 0.6 is 11.8 Å². The van der Waals surface area contributed by atoms with Gasteiger partial charge in [-0.05, 0) is 64.5 Å². The number of rotatable bonds is 7. The molecule has 0 aromatic heterocycles. The standard InChI is InChI=1S/C28H21N3O5S/c1-35-22-12-10-20(11-13-22)29-28-30-27(32)26(37-28)16-24-23-8-3-2-6-19(23)9-14-25(24)36-17-18-5-4-7-21(15-18)31(33)34/h2-16H,17H2,1H3,(H,29,30,32)/b26-16+. The number of carbonyl (C=O) groups is 1. The Kier molecular flexibility index (Phi) is 6.87. The third-order valence-electron chi connectivity index (χ3n) is 5.68. The van der Waals surface area contributed by atoms with E-state index < -0.39 is 4.92 Å². The molecular formula is C28H21N3O5S. The number of nitro benzene ring substituents is 1. The summed E-state index contributed by atoms with van der Waals surface area (Å²) < 4.78 is 11.3. The second kappa shape index (κ2) is 10.5. The van der Waals surface area contributed by atoms with E-state index in [1.165, 1.54) is 23.9 Å². The van der Waals surface area contributed by atoms with Crippen molar-refractivity contribution >= 4 is 51.1 Å². The van der Waals surface area contributed by atoms with Crippen LogP contribution in [0.4, 0.5) is 11.4 Å². The van der Waals surface area contributed by atoms with E-state index >= 15 is 0 Å². The molecule has 0 spiro atoms. The molecule has 4 aromatic carbocycles. The summed E-state index contributed by atoms with van der Waals surface area (Å²) in [5.41, 5.74) is 2.11. The summed E-state index contributed by atoms with van der Waals surface area (Å²) in [5, 5.41) is 16.3. The van der Waals surface area contributed by atoms with Crippen molar-refractivity contribution in [3.05, 3.63) is 111 Å². The van der Waals surface area contributed by atoms with E-state index in [1.54, 1.807) is 37.5 Å². The first kappa shape index (κ1) is 24.1. The molecule has 1 aliphatic rings. The lowest BCUT2D eigenvalue weighted by molar-refractivity contribution is -0.384. The molecule has 0 saturated carbocycles. The number of fused-ring (bicyclic) bond motifs is 1. The van der Waals surface area contributed by atoms with Crippen molar-refractivity contribution in [1.82, 2.24) is 5.32 Å². The fourth-order valence-corrected chi connectivity index (χ4v) is 4.68. The molecule has 0 bridgehead atoms. The van der Waals surface area contributed by atoms with Gasteiger partial charge in [-0.2, -0.15) is 0 Å². The summed E-state index contributed by atoms with van der Waals surface area (Å²) in [6, 6.07) is 25.2. The highest BCUT2D eigenvalue weighted by Crippen LogP contribution is 2.35. The van der Waals surface area contributed by atoms with Gasteiger partial charge >= 0.3 is 0 Å². The van der Waals surface area contributed by atoms with Crippen LogP contribution in [-0.4, -0.2) is 23.1 Å². The molecule has 0 atom stereocenters. The van der Waals surface area contributed by atoms with E-state index in [0.29, 0.717) is 27.1 Å². The molecule has 1 amide bonds. The molecule has 1 fully saturated rings. The second-order valence-electron chi connectivity index (χ2n) is 8.09. The predicted molar refractivity (Wildman–Crippen MR) is 145 cm³/mol. The van der Waals surface area contributed by atoms with Crippen molar-refractivity contribution in [2.24, 2.45) is 4.99 Å². The molecule has 5 rings (SSSR count). The van der Waals surface area contributed by atoms with Gasteiger partial charge in [0.25, 0.3) is 11.6 Å². The van der Waals surface area contributed by atoms with Gasteiger partial charge in [0.1, 0.15) is 18.1 Å². The zero-order chi connectivity index (χ0) is 25.8. The molecule has 1 heterocycles. The maximum Gasteiger partial charge on any atom is 0.269 e. The molecule has 37 heavy (non-hydrogen) atoms. The summed E-state index contributed by atoms with van der Waals surface area (Å²) >= 11 is 1.24. The van der Waals surface area contributed by atoms with Crippen LogP contribution in [0.1, 0.15) is 11.1 Å². The number of nitrogens with one attached hydrogen (secondary N) is 1. The van der Waals surface area contributed by atoms with Crippen molar-refractivity contribution in [2.45, 2.75) is 6.61 Å². The number of benzene rings is 4. The highest BCUT2D eigenvalue weighted by Gasteiger charge is 2.25. The molecule has 0 unspecified atom stereocenters.